The van der Waals surface area contributed by atoms with Gasteiger partial charge in [-0.1, -0.05) is 31.6 Å². The number of nitrogens with zero attached hydrogens (tertiary/aromatic N) is 1. The van der Waals surface area contributed by atoms with Gasteiger partial charge in [0.15, 0.2) is 0 Å². The van der Waals surface area contributed by atoms with E-state index in [1.165, 1.54) is 12.7 Å². The number of allylic oxidation sites excluding steroid dienone is 1. The van der Waals surface area contributed by atoms with Gasteiger partial charge in [-0.25, -0.2) is 4.79 Å². The molecule has 0 N–H and O–H groups in total. The number of carbonyl (C=O) groups is 1. The van der Waals surface area contributed by atoms with Crippen molar-refractivity contribution in [1.82, 2.24) is 0 Å². The molecule has 23 heavy (non-hydrogen) atoms. The lowest BCUT2D eigenvalue weighted by Crippen LogP contribution is -2.54. The van der Waals surface area contributed by atoms with Gasteiger partial charge in [-0.3, -0.25) is 0 Å². The number of benzene rings is 1. The second-order valence-corrected chi connectivity index (χ2v) is 6.54. The van der Waals surface area contributed by atoms with E-state index in [1.54, 1.807) is 7.11 Å². The van der Waals surface area contributed by atoms with Crippen LogP contribution in [-0.4, -0.2) is 31.8 Å². The number of hydrogen-bond acceptors (Lipinski definition) is 4. The number of anilines is 1. The average molecular weight is 317 g/mol. The molecule has 0 fully saturated rings. The summed E-state index contributed by atoms with van der Waals surface area (Å²) < 4.78 is 10.7. The number of fused-ring (bicyclic) bond motifs is 1. The van der Waals surface area contributed by atoms with Crippen LogP contribution in [0.5, 0.6) is 5.75 Å². The van der Waals surface area contributed by atoms with Crippen LogP contribution in [0, 0.1) is 0 Å². The molecule has 1 aromatic carbocycles. The monoisotopic (exact) mass is 317 g/mol. The highest BCUT2D eigenvalue weighted by Gasteiger charge is 2.40. The summed E-state index contributed by atoms with van der Waals surface area (Å²) >= 11 is 0. The van der Waals surface area contributed by atoms with E-state index in [4.69, 9.17) is 9.47 Å². The van der Waals surface area contributed by atoms with Gasteiger partial charge in [-0.05, 0) is 38.8 Å². The van der Waals surface area contributed by atoms with Crippen LogP contribution in [0.3, 0.4) is 0 Å². The lowest BCUT2D eigenvalue weighted by atomic mass is 9.86. The molecule has 2 rings (SSSR count). The third kappa shape index (κ3) is 3.07. The van der Waals surface area contributed by atoms with Crippen molar-refractivity contribution < 1.29 is 14.3 Å². The molecule has 0 amide bonds. The van der Waals surface area contributed by atoms with Gasteiger partial charge in [-0.2, -0.15) is 0 Å². The topological polar surface area (TPSA) is 38.8 Å². The Morgan fingerprint density at radius 2 is 2.00 bits per heavy atom. The van der Waals surface area contributed by atoms with Gasteiger partial charge in [-0.15, -0.1) is 0 Å². The largest absolute Gasteiger partial charge is 0.495 e. The summed E-state index contributed by atoms with van der Waals surface area (Å²) in [6.45, 7) is 8.43. The Labute approximate surface area is 139 Å². The van der Waals surface area contributed by atoms with Gasteiger partial charge in [0, 0.05) is 5.56 Å². The van der Waals surface area contributed by atoms with E-state index in [2.05, 4.69) is 44.7 Å². The predicted octanol–water partition coefficient (Wildman–Crippen LogP) is 4.04. The third-order valence-electron chi connectivity index (χ3n) is 4.42. The van der Waals surface area contributed by atoms with Crippen LogP contribution in [0.4, 0.5) is 5.69 Å². The van der Waals surface area contributed by atoms with Crippen molar-refractivity contribution in [3.8, 4) is 5.75 Å². The molecule has 1 aromatic rings. The van der Waals surface area contributed by atoms with E-state index >= 15 is 0 Å². The molecule has 126 valence electrons. The van der Waals surface area contributed by atoms with Crippen molar-refractivity contribution in [2.45, 2.75) is 52.1 Å². The quantitative estimate of drug-likeness (QED) is 0.768. The van der Waals surface area contributed by atoms with Gasteiger partial charge < -0.3 is 14.4 Å². The highest BCUT2D eigenvalue weighted by Crippen LogP contribution is 2.46. The third-order valence-corrected chi connectivity index (χ3v) is 4.42. The number of methoxy groups -OCH3 is 2. The molecule has 4 nitrogen and oxygen atoms in total. The lowest BCUT2D eigenvalue weighted by molar-refractivity contribution is -0.142. The zero-order valence-corrected chi connectivity index (χ0v) is 15.0. The zero-order chi connectivity index (χ0) is 17.2. The molecular formula is C19H27NO3. The van der Waals surface area contributed by atoms with Crippen molar-refractivity contribution in [1.29, 1.82) is 0 Å². The van der Waals surface area contributed by atoms with E-state index in [9.17, 15) is 4.79 Å². The normalized spacial score (nSPS) is 17.1. The minimum atomic E-state index is -0.334. The van der Waals surface area contributed by atoms with Gasteiger partial charge in [0.1, 0.15) is 11.8 Å². The molecule has 4 heteroatoms. The fourth-order valence-corrected chi connectivity index (χ4v) is 3.54. The van der Waals surface area contributed by atoms with Crippen LogP contribution < -0.4 is 9.64 Å². The van der Waals surface area contributed by atoms with E-state index in [0.29, 0.717) is 0 Å². The highest BCUT2D eigenvalue weighted by molar-refractivity contribution is 5.89. The van der Waals surface area contributed by atoms with E-state index in [-0.39, 0.29) is 17.6 Å². The van der Waals surface area contributed by atoms with Crippen LogP contribution in [0.2, 0.25) is 0 Å². The maximum absolute atomic E-state index is 12.5. The fourth-order valence-electron chi connectivity index (χ4n) is 3.54. The molecule has 0 radical (unpaired) electrons. The molecule has 1 aliphatic heterocycles. The highest BCUT2D eigenvalue weighted by atomic mass is 16.5. The second kappa shape index (κ2) is 6.65. The molecule has 1 heterocycles. The van der Waals surface area contributed by atoms with Crippen LogP contribution in [-0.2, 0) is 9.53 Å². The molecule has 0 saturated carbocycles. The van der Waals surface area contributed by atoms with Crippen LogP contribution >= 0.6 is 0 Å². The Morgan fingerprint density at radius 3 is 2.57 bits per heavy atom. The second-order valence-electron chi connectivity index (χ2n) is 6.54. The van der Waals surface area contributed by atoms with Crippen LogP contribution in [0.1, 0.15) is 46.1 Å². The fraction of sp³-hybridized carbons (Fsp3) is 0.526. The molecule has 1 atom stereocenters. The Balaban J connectivity index is 2.68. The van der Waals surface area contributed by atoms with Crippen LogP contribution in [0.25, 0.3) is 5.57 Å². The van der Waals surface area contributed by atoms with Gasteiger partial charge in [0.2, 0.25) is 0 Å². The van der Waals surface area contributed by atoms with E-state index < -0.39 is 0 Å². The van der Waals surface area contributed by atoms with Crippen molar-refractivity contribution in [3.05, 3.63) is 29.8 Å². The van der Waals surface area contributed by atoms with E-state index in [0.717, 1.165) is 29.8 Å². The lowest BCUT2D eigenvalue weighted by Gasteiger charge is -2.47. The first kappa shape index (κ1) is 17.4. The molecule has 0 spiro atoms. The Kier molecular flexibility index (Phi) is 5.03. The Hall–Kier alpha value is -1.97. The van der Waals surface area contributed by atoms with Crippen molar-refractivity contribution in [3.63, 3.8) is 0 Å². The number of para-hydroxylation sites is 1. The minimum absolute atomic E-state index is 0.204. The maximum Gasteiger partial charge on any atom is 0.328 e. The van der Waals surface area contributed by atoms with Crippen molar-refractivity contribution >= 4 is 17.2 Å². The molecular weight excluding hydrogens is 290 g/mol. The number of esters is 1. The first-order valence-corrected chi connectivity index (χ1v) is 8.11. The van der Waals surface area contributed by atoms with Gasteiger partial charge in [0.25, 0.3) is 0 Å². The summed E-state index contributed by atoms with van der Waals surface area (Å²) in [6, 6.07) is 5.67. The Morgan fingerprint density at radius 1 is 1.30 bits per heavy atom. The SMILES string of the molecule is CCC[C@H](C(=O)OC)N1c2c(OC)cccc2C(C)=CC1(C)C. The van der Waals surface area contributed by atoms with Gasteiger partial charge in [0.05, 0.1) is 25.4 Å². The summed E-state index contributed by atoms with van der Waals surface area (Å²) in [6.07, 6.45) is 3.85. The van der Waals surface area contributed by atoms with E-state index in [1.807, 2.05) is 12.1 Å². The van der Waals surface area contributed by atoms with Gasteiger partial charge >= 0.3 is 5.97 Å². The maximum atomic E-state index is 12.5. The van der Waals surface area contributed by atoms with Crippen molar-refractivity contribution in [2.24, 2.45) is 0 Å². The average Bonchev–Trinajstić information content (AvgIpc) is 2.52. The summed E-state index contributed by atoms with van der Waals surface area (Å²) in [7, 11) is 3.12. The Bertz CT molecular complexity index is 619. The smallest absolute Gasteiger partial charge is 0.328 e. The molecule has 0 saturated heterocycles. The first-order valence-electron chi connectivity index (χ1n) is 8.11. The van der Waals surface area contributed by atoms with Crippen molar-refractivity contribution in [2.75, 3.05) is 19.1 Å². The summed E-state index contributed by atoms with van der Waals surface area (Å²) in [5, 5.41) is 0. The molecule has 1 aliphatic rings. The number of carbonyl (C=O) groups excluding carboxylic acids is 1. The summed E-state index contributed by atoms with van der Waals surface area (Å²) in [5.41, 5.74) is 2.97. The minimum Gasteiger partial charge on any atom is -0.495 e. The summed E-state index contributed by atoms with van der Waals surface area (Å²) in [5.74, 6) is 0.581. The molecule has 0 unspecified atom stereocenters. The number of hydrogen-bond donors (Lipinski definition) is 0. The molecule has 0 bridgehead atoms. The standard InChI is InChI=1S/C19H27NO3/c1-7-9-15(18(21)23-6)20-17-14(10-8-11-16(17)22-5)13(2)12-19(20,3)4/h8,10-12,15H,7,9H2,1-6H3/t15-/m1/s1. The number of ether oxygens (including phenoxy) is 2. The van der Waals surface area contributed by atoms with Crippen LogP contribution in [0.15, 0.2) is 24.3 Å². The summed E-state index contributed by atoms with van der Waals surface area (Å²) in [4.78, 5) is 14.6. The zero-order valence-electron chi connectivity index (χ0n) is 15.0. The predicted molar refractivity (Wildman–Crippen MR) is 93.9 cm³/mol. The number of rotatable bonds is 5. The first-order chi connectivity index (χ1) is 10.9. The molecule has 0 aromatic heterocycles. The molecule has 0 aliphatic carbocycles.